The maximum Gasteiger partial charge on any atom is 0.243 e. The standard InChI is InChI=1S/C19H21FN2O3S/c20-17-5-6-18-15(13-17)7-8-21(18)14-16-3-1-2-4-19(16)26(23,24)22-9-11-25-12-10-22/h1-6,13H,7-12,14H2. The molecule has 0 N–H and O–H groups in total. The number of benzene rings is 2. The van der Waals surface area contributed by atoms with Crippen molar-refractivity contribution in [2.24, 2.45) is 0 Å². The normalized spacial score (nSPS) is 18.1. The summed E-state index contributed by atoms with van der Waals surface area (Å²) in [6.45, 7) is 2.84. The molecule has 0 amide bonds. The molecule has 0 unspecified atom stereocenters. The summed E-state index contributed by atoms with van der Waals surface area (Å²) in [6.07, 6.45) is 0.769. The van der Waals surface area contributed by atoms with Crippen LogP contribution in [0.25, 0.3) is 0 Å². The van der Waals surface area contributed by atoms with Crippen molar-refractivity contribution in [2.75, 3.05) is 37.7 Å². The summed E-state index contributed by atoms with van der Waals surface area (Å²) in [5, 5.41) is 0. The minimum absolute atomic E-state index is 0.235. The van der Waals surface area contributed by atoms with Gasteiger partial charge in [0, 0.05) is 31.9 Å². The number of hydrogen-bond donors (Lipinski definition) is 0. The van der Waals surface area contributed by atoms with Gasteiger partial charge in [-0.05, 0) is 41.8 Å². The lowest BCUT2D eigenvalue weighted by Crippen LogP contribution is -2.41. The first-order valence-electron chi connectivity index (χ1n) is 8.75. The molecule has 0 atom stereocenters. The van der Waals surface area contributed by atoms with Crippen LogP contribution in [0.1, 0.15) is 11.1 Å². The van der Waals surface area contributed by atoms with Gasteiger partial charge in [0.1, 0.15) is 5.82 Å². The molecule has 0 spiro atoms. The number of rotatable bonds is 4. The Labute approximate surface area is 153 Å². The summed E-state index contributed by atoms with van der Waals surface area (Å²) >= 11 is 0. The van der Waals surface area contributed by atoms with Crippen molar-refractivity contribution >= 4 is 15.7 Å². The molecule has 1 fully saturated rings. The first-order chi connectivity index (χ1) is 12.6. The zero-order chi connectivity index (χ0) is 18.1. The molecular weight excluding hydrogens is 355 g/mol. The minimum Gasteiger partial charge on any atom is -0.379 e. The molecule has 2 aromatic carbocycles. The average molecular weight is 376 g/mol. The van der Waals surface area contributed by atoms with Gasteiger partial charge >= 0.3 is 0 Å². The van der Waals surface area contributed by atoms with Gasteiger partial charge in [-0.2, -0.15) is 4.31 Å². The number of morpholine rings is 1. The monoisotopic (exact) mass is 376 g/mol. The lowest BCUT2D eigenvalue weighted by Gasteiger charge is -2.28. The van der Waals surface area contributed by atoms with Crippen LogP contribution in [0, 0.1) is 5.82 Å². The van der Waals surface area contributed by atoms with Crippen molar-refractivity contribution in [3.8, 4) is 0 Å². The van der Waals surface area contributed by atoms with E-state index in [1.807, 2.05) is 12.1 Å². The summed E-state index contributed by atoms with van der Waals surface area (Å²) in [4.78, 5) is 2.46. The van der Waals surface area contributed by atoms with Crippen LogP contribution < -0.4 is 4.90 Å². The summed E-state index contributed by atoms with van der Waals surface area (Å²) in [7, 11) is -3.55. The fourth-order valence-corrected chi connectivity index (χ4v) is 5.24. The van der Waals surface area contributed by atoms with E-state index < -0.39 is 10.0 Å². The Balaban J connectivity index is 1.63. The molecule has 138 valence electrons. The molecule has 0 saturated carbocycles. The van der Waals surface area contributed by atoms with Crippen LogP contribution in [0.3, 0.4) is 0 Å². The average Bonchev–Trinajstić information content (AvgIpc) is 3.04. The third kappa shape index (κ3) is 3.22. The van der Waals surface area contributed by atoms with Gasteiger partial charge in [0.15, 0.2) is 0 Å². The quantitative estimate of drug-likeness (QED) is 0.822. The maximum absolute atomic E-state index is 13.4. The molecule has 2 aliphatic heterocycles. The van der Waals surface area contributed by atoms with Crippen LogP contribution in [0.4, 0.5) is 10.1 Å². The van der Waals surface area contributed by atoms with E-state index in [0.717, 1.165) is 29.8 Å². The summed E-state index contributed by atoms with van der Waals surface area (Å²) in [5.41, 5.74) is 2.71. The fourth-order valence-electron chi connectivity index (χ4n) is 3.62. The lowest BCUT2D eigenvalue weighted by atomic mass is 10.1. The minimum atomic E-state index is -3.55. The number of hydrogen-bond acceptors (Lipinski definition) is 4. The Kier molecular flexibility index (Phi) is 4.69. The van der Waals surface area contributed by atoms with Crippen molar-refractivity contribution < 1.29 is 17.5 Å². The van der Waals surface area contributed by atoms with Gasteiger partial charge in [-0.15, -0.1) is 0 Å². The highest BCUT2D eigenvalue weighted by Gasteiger charge is 2.29. The first-order valence-corrected chi connectivity index (χ1v) is 10.2. The van der Waals surface area contributed by atoms with Gasteiger partial charge in [0.05, 0.1) is 18.1 Å². The number of sulfonamides is 1. The number of halogens is 1. The zero-order valence-corrected chi connectivity index (χ0v) is 15.2. The second kappa shape index (κ2) is 6.98. The second-order valence-electron chi connectivity index (χ2n) is 6.57. The Morgan fingerprint density at radius 3 is 2.62 bits per heavy atom. The van der Waals surface area contributed by atoms with E-state index >= 15 is 0 Å². The third-order valence-corrected chi connectivity index (χ3v) is 6.95. The summed E-state index contributed by atoms with van der Waals surface area (Å²) < 4.78 is 46.3. The zero-order valence-electron chi connectivity index (χ0n) is 14.4. The molecule has 2 heterocycles. The Morgan fingerprint density at radius 1 is 1.04 bits per heavy atom. The molecule has 0 radical (unpaired) electrons. The largest absolute Gasteiger partial charge is 0.379 e. The topological polar surface area (TPSA) is 49.9 Å². The van der Waals surface area contributed by atoms with E-state index in [1.165, 1.54) is 10.4 Å². The molecule has 0 aliphatic carbocycles. The van der Waals surface area contributed by atoms with Gasteiger partial charge in [-0.3, -0.25) is 0 Å². The van der Waals surface area contributed by atoms with Crippen molar-refractivity contribution in [1.29, 1.82) is 0 Å². The molecule has 0 aromatic heterocycles. The maximum atomic E-state index is 13.4. The van der Waals surface area contributed by atoms with Gasteiger partial charge in [-0.1, -0.05) is 18.2 Å². The molecule has 2 aromatic rings. The molecule has 1 saturated heterocycles. The van der Waals surface area contributed by atoms with Crippen LogP contribution in [0.15, 0.2) is 47.4 Å². The second-order valence-corrected chi connectivity index (χ2v) is 8.48. The smallest absolute Gasteiger partial charge is 0.243 e. The predicted octanol–water partition coefficient (Wildman–Crippen LogP) is 2.41. The lowest BCUT2D eigenvalue weighted by molar-refractivity contribution is 0.0730. The highest BCUT2D eigenvalue weighted by molar-refractivity contribution is 7.89. The van der Waals surface area contributed by atoms with Crippen molar-refractivity contribution in [1.82, 2.24) is 4.31 Å². The van der Waals surface area contributed by atoms with Gasteiger partial charge < -0.3 is 9.64 Å². The third-order valence-electron chi connectivity index (χ3n) is 4.95. The SMILES string of the molecule is O=S(=O)(c1ccccc1CN1CCc2cc(F)ccc21)N1CCOCC1. The number of ether oxygens (including phenoxy) is 1. The van der Waals surface area contributed by atoms with Gasteiger partial charge in [-0.25, -0.2) is 12.8 Å². The predicted molar refractivity (Wildman–Crippen MR) is 97.2 cm³/mol. The van der Waals surface area contributed by atoms with Crippen LogP contribution in [-0.4, -0.2) is 45.6 Å². The van der Waals surface area contributed by atoms with E-state index in [2.05, 4.69) is 4.90 Å². The van der Waals surface area contributed by atoms with E-state index in [1.54, 1.807) is 24.3 Å². The van der Waals surface area contributed by atoms with Gasteiger partial charge in [0.2, 0.25) is 10.0 Å². The van der Waals surface area contributed by atoms with Gasteiger partial charge in [0.25, 0.3) is 0 Å². The Hall–Kier alpha value is -1.96. The number of anilines is 1. The molecule has 7 heteroatoms. The van der Waals surface area contributed by atoms with Crippen molar-refractivity contribution in [3.63, 3.8) is 0 Å². The molecule has 4 rings (SSSR count). The van der Waals surface area contributed by atoms with E-state index in [-0.39, 0.29) is 5.82 Å². The fraction of sp³-hybridized carbons (Fsp3) is 0.368. The Bertz CT molecular complexity index is 911. The van der Waals surface area contributed by atoms with Crippen LogP contribution in [-0.2, 0) is 27.7 Å². The molecule has 26 heavy (non-hydrogen) atoms. The Morgan fingerprint density at radius 2 is 1.81 bits per heavy atom. The highest BCUT2D eigenvalue weighted by atomic mass is 32.2. The number of nitrogens with zero attached hydrogens (tertiary/aromatic N) is 2. The van der Waals surface area contributed by atoms with Crippen LogP contribution >= 0.6 is 0 Å². The van der Waals surface area contributed by atoms with Crippen LogP contribution in [0.2, 0.25) is 0 Å². The molecule has 0 bridgehead atoms. The molecule has 5 nitrogen and oxygen atoms in total. The number of fused-ring (bicyclic) bond motifs is 1. The first kappa shape index (κ1) is 17.5. The van der Waals surface area contributed by atoms with Crippen LogP contribution in [0.5, 0.6) is 0 Å². The van der Waals surface area contributed by atoms with E-state index in [4.69, 9.17) is 4.74 Å². The molecule has 2 aliphatic rings. The van der Waals surface area contributed by atoms with Crippen molar-refractivity contribution in [2.45, 2.75) is 17.9 Å². The van der Waals surface area contributed by atoms with E-state index in [9.17, 15) is 12.8 Å². The summed E-state index contributed by atoms with van der Waals surface area (Å²) in [6, 6.07) is 11.9. The van der Waals surface area contributed by atoms with Crippen molar-refractivity contribution in [3.05, 3.63) is 59.4 Å². The van der Waals surface area contributed by atoms with E-state index in [0.29, 0.717) is 37.7 Å². The molecular formula is C19H21FN2O3S. The summed E-state index contributed by atoms with van der Waals surface area (Å²) in [5.74, 6) is -0.235. The highest BCUT2D eigenvalue weighted by Crippen LogP contribution is 2.31.